The van der Waals surface area contributed by atoms with Crippen molar-refractivity contribution in [3.63, 3.8) is 0 Å². The molecule has 1 aromatic rings. The van der Waals surface area contributed by atoms with Gasteiger partial charge in [-0.3, -0.25) is 10.1 Å². The number of ether oxygens (including phenoxy) is 1. The number of nitrogens with zero attached hydrogens (tertiary/aromatic N) is 1. The topological polar surface area (TPSA) is 52.4 Å². The van der Waals surface area contributed by atoms with Crippen LogP contribution in [0.3, 0.4) is 0 Å². The maximum atomic E-state index is 10.8. The van der Waals surface area contributed by atoms with Crippen LogP contribution in [-0.4, -0.2) is 11.5 Å². The van der Waals surface area contributed by atoms with E-state index in [1.807, 2.05) is 6.92 Å². The molecule has 0 heterocycles. The Morgan fingerprint density at radius 1 is 1.39 bits per heavy atom. The van der Waals surface area contributed by atoms with Crippen molar-refractivity contribution in [1.29, 1.82) is 0 Å². The smallest absolute Gasteiger partial charge is 0.246 e. The Bertz CT molecular complexity index is 463. The zero-order valence-corrected chi connectivity index (χ0v) is 13.2. The molecule has 0 amide bonds. The highest BCUT2D eigenvalue weighted by atomic mass is 79.9. The van der Waals surface area contributed by atoms with Gasteiger partial charge in [-0.1, -0.05) is 6.92 Å². The van der Waals surface area contributed by atoms with Crippen LogP contribution in [0, 0.1) is 10.1 Å². The van der Waals surface area contributed by atoms with Crippen molar-refractivity contribution in [2.24, 2.45) is 0 Å². The quantitative estimate of drug-likeness (QED) is 0.554. The minimum atomic E-state index is -0.363. The summed E-state index contributed by atoms with van der Waals surface area (Å²) in [6, 6.07) is 3.60. The summed E-state index contributed by atoms with van der Waals surface area (Å²) >= 11 is 6.79. The van der Waals surface area contributed by atoms with E-state index >= 15 is 0 Å². The van der Waals surface area contributed by atoms with Crippen LogP contribution in [0.15, 0.2) is 26.8 Å². The zero-order chi connectivity index (χ0) is 13.7. The fourth-order valence-corrected chi connectivity index (χ4v) is 2.87. The van der Waals surface area contributed by atoms with Gasteiger partial charge in [-0.25, -0.2) is 0 Å². The van der Waals surface area contributed by atoms with E-state index in [-0.39, 0.29) is 10.6 Å². The first-order valence-electron chi connectivity index (χ1n) is 5.46. The number of benzene rings is 1. The van der Waals surface area contributed by atoms with Gasteiger partial charge in [0.05, 0.1) is 20.5 Å². The molecular formula is C12H13Br2NO3. The minimum Gasteiger partial charge on any atom is -0.492 e. The summed E-state index contributed by atoms with van der Waals surface area (Å²) in [4.78, 5) is 10.4. The molecule has 0 aliphatic rings. The van der Waals surface area contributed by atoms with Crippen LogP contribution in [0.5, 0.6) is 5.75 Å². The lowest BCUT2D eigenvalue weighted by Gasteiger charge is -2.09. The number of hydrogen-bond acceptors (Lipinski definition) is 3. The highest BCUT2D eigenvalue weighted by Gasteiger charge is 2.11. The first-order valence-corrected chi connectivity index (χ1v) is 7.05. The molecule has 1 aromatic carbocycles. The zero-order valence-electron chi connectivity index (χ0n) is 10.1. The molecule has 0 aliphatic heterocycles. The molecule has 98 valence electrons. The van der Waals surface area contributed by atoms with Crippen LogP contribution >= 0.6 is 31.9 Å². The molecule has 0 saturated heterocycles. The Labute approximate surface area is 122 Å². The van der Waals surface area contributed by atoms with E-state index in [1.54, 1.807) is 25.1 Å². The second-order valence-corrected chi connectivity index (χ2v) is 5.20. The molecule has 0 fully saturated rings. The third-order valence-electron chi connectivity index (χ3n) is 2.24. The average molecular weight is 379 g/mol. The van der Waals surface area contributed by atoms with E-state index in [1.165, 1.54) is 0 Å². The predicted octanol–water partition coefficient (Wildman–Crippen LogP) is 4.64. The summed E-state index contributed by atoms with van der Waals surface area (Å²) in [5, 5.41) is 10.8. The maximum absolute atomic E-state index is 10.8. The Hall–Kier alpha value is -0.880. The lowest BCUT2D eigenvalue weighted by molar-refractivity contribution is -0.425. The third kappa shape index (κ3) is 3.81. The molecule has 4 nitrogen and oxygen atoms in total. The van der Waals surface area contributed by atoms with Gasteiger partial charge in [-0.2, -0.15) is 0 Å². The molecule has 0 N–H and O–H groups in total. The summed E-state index contributed by atoms with van der Waals surface area (Å²) in [5.74, 6) is 0.703. The summed E-state index contributed by atoms with van der Waals surface area (Å²) in [7, 11) is 0. The average Bonchev–Trinajstić information content (AvgIpc) is 2.30. The van der Waals surface area contributed by atoms with E-state index in [0.29, 0.717) is 18.8 Å². The van der Waals surface area contributed by atoms with E-state index < -0.39 is 0 Å². The fraction of sp³-hybridized carbons (Fsp3) is 0.333. The summed E-state index contributed by atoms with van der Waals surface area (Å²) in [6.45, 7) is 4.21. The molecule has 0 bridgehead atoms. The fourth-order valence-electron chi connectivity index (χ4n) is 1.42. The van der Waals surface area contributed by atoms with Gasteiger partial charge >= 0.3 is 0 Å². The number of allylic oxidation sites excluding steroid dienone is 1. The number of hydrogen-bond donors (Lipinski definition) is 0. The Morgan fingerprint density at radius 2 is 1.94 bits per heavy atom. The lowest BCUT2D eigenvalue weighted by atomic mass is 10.1. The summed E-state index contributed by atoms with van der Waals surface area (Å²) in [5.41, 5.74) is 0.934. The van der Waals surface area contributed by atoms with Crippen LogP contribution in [-0.2, 0) is 0 Å². The molecule has 18 heavy (non-hydrogen) atoms. The Morgan fingerprint density at radius 3 is 2.33 bits per heavy atom. The molecule has 0 saturated carbocycles. The highest BCUT2D eigenvalue weighted by molar-refractivity contribution is 9.11. The van der Waals surface area contributed by atoms with Gasteiger partial charge in [0.1, 0.15) is 5.75 Å². The monoisotopic (exact) mass is 377 g/mol. The van der Waals surface area contributed by atoms with Crippen molar-refractivity contribution < 1.29 is 9.66 Å². The minimum absolute atomic E-state index is 0.179. The first-order chi connectivity index (χ1) is 8.49. The molecule has 0 aliphatic carbocycles. The van der Waals surface area contributed by atoms with Gasteiger partial charge in [0.25, 0.3) is 0 Å². The SMILES string of the molecule is CCOc1c(Br)cc(/C=C(/CC)[N+](=O)[O-])cc1Br. The molecule has 0 unspecified atom stereocenters. The van der Waals surface area contributed by atoms with Crippen LogP contribution in [0.2, 0.25) is 0 Å². The lowest BCUT2D eigenvalue weighted by Crippen LogP contribution is -1.97. The Kier molecular flexibility index (Phi) is 5.81. The first kappa shape index (κ1) is 15.2. The number of nitro groups is 1. The molecule has 6 heteroatoms. The van der Waals surface area contributed by atoms with Gasteiger partial charge in [0, 0.05) is 12.5 Å². The van der Waals surface area contributed by atoms with E-state index in [0.717, 1.165) is 14.5 Å². The van der Waals surface area contributed by atoms with Gasteiger partial charge in [0.15, 0.2) is 0 Å². The van der Waals surface area contributed by atoms with Crippen molar-refractivity contribution in [1.82, 2.24) is 0 Å². The third-order valence-corrected chi connectivity index (χ3v) is 3.42. The second kappa shape index (κ2) is 6.89. The molecular weight excluding hydrogens is 366 g/mol. The van der Waals surface area contributed by atoms with Crippen molar-refractivity contribution in [2.75, 3.05) is 6.61 Å². The van der Waals surface area contributed by atoms with E-state index in [4.69, 9.17) is 4.74 Å². The molecule has 0 atom stereocenters. The van der Waals surface area contributed by atoms with Crippen molar-refractivity contribution in [2.45, 2.75) is 20.3 Å². The number of halogens is 2. The van der Waals surface area contributed by atoms with Crippen molar-refractivity contribution in [3.8, 4) is 5.75 Å². The van der Waals surface area contributed by atoms with E-state index in [9.17, 15) is 10.1 Å². The summed E-state index contributed by atoms with van der Waals surface area (Å²) in [6.07, 6.45) is 1.95. The van der Waals surface area contributed by atoms with Gasteiger partial charge in [0.2, 0.25) is 5.70 Å². The van der Waals surface area contributed by atoms with Crippen LogP contribution < -0.4 is 4.74 Å². The normalized spacial score (nSPS) is 11.4. The van der Waals surface area contributed by atoms with Crippen molar-refractivity contribution >= 4 is 37.9 Å². The molecule has 0 aromatic heterocycles. The largest absolute Gasteiger partial charge is 0.492 e. The van der Waals surface area contributed by atoms with Crippen LogP contribution in [0.4, 0.5) is 0 Å². The highest BCUT2D eigenvalue weighted by Crippen LogP contribution is 2.35. The molecule has 1 rings (SSSR count). The van der Waals surface area contributed by atoms with Crippen molar-refractivity contribution in [3.05, 3.63) is 42.5 Å². The van der Waals surface area contributed by atoms with Crippen LogP contribution in [0.25, 0.3) is 6.08 Å². The standard InChI is InChI=1S/C12H13Br2NO3/c1-3-9(15(16)17)5-8-6-10(13)12(18-4-2)11(14)7-8/h5-7H,3-4H2,1-2H3/b9-5-. The van der Waals surface area contributed by atoms with E-state index in [2.05, 4.69) is 31.9 Å². The second-order valence-electron chi connectivity index (χ2n) is 3.49. The molecule has 0 spiro atoms. The Balaban J connectivity index is 3.17. The number of rotatable bonds is 5. The maximum Gasteiger partial charge on any atom is 0.246 e. The summed E-state index contributed by atoms with van der Waals surface area (Å²) < 4.78 is 6.99. The predicted molar refractivity (Wildman–Crippen MR) is 78.3 cm³/mol. The van der Waals surface area contributed by atoms with Gasteiger partial charge < -0.3 is 4.74 Å². The van der Waals surface area contributed by atoms with Crippen LogP contribution in [0.1, 0.15) is 25.8 Å². The molecule has 0 radical (unpaired) electrons. The van der Waals surface area contributed by atoms with Gasteiger partial charge in [-0.05, 0) is 56.5 Å². The van der Waals surface area contributed by atoms with Gasteiger partial charge in [-0.15, -0.1) is 0 Å².